The zero-order valence-corrected chi connectivity index (χ0v) is 9.11. The van der Waals surface area contributed by atoms with Crippen molar-refractivity contribution in [1.29, 1.82) is 0 Å². The van der Waals surface area contributed by atoms with Crippen molar-refractivity contribution in [2.45, 2.75) is 11.6 Å². The number of hydrogen-bond acceptors (Lipinski definition) is 4. The highest BCUT2D eigenvalue weighted by Gasteiger charge is 2.35. The fourth-order valence-electron chi connectivity index (χ4n) is 1.85. The van der Waals surface area contributed by atoms with Crippen molar-refractivity contribution in [3.05, 3.63) is 69.9 Å². The second-order valence-corrected chi connectivity index (χ2v) is 4.01. The Bertz CT molecular complexity index is 496. The van der Waals surface area contributed by atoms with Crippen LogP contribution in [0.15, 0.2) is 54.3 Å². The molecule has 5 nitrogen and oxygen atoms in total. The molecule has 0 saturated carbocycles. The predicted molar refractivity (Wildman–Crippen MR) is 64.5 cm³/mol. The van der Waals surface area contributed by atoms with Gasteiger partial charge in [-0.3, -0.25) is 10.1 Å². The zero-order valence-electron chi connectivity index (χ0n) is 9.11. The standard InChI is InChI=1S/C12H13N3O2/c13-11-8-10(15(16)17)6-7-12(11,14)9-4-2-1-3-5-9/h1-8,11H,13-14H2. The molecule has 0 bridgehead atoms. The second kappa shape index (κ2) is 4.12. The van der Waals surface area contributed by atoms with Crippen LogP contribution < -0.4 is 11.5 Å². The van der Waals surface area contributed by atoms with Crippen LogP contribution in [0.25, 0.3) is 0 Å². The molecule has 0 heterocycles. The lowest BCUT2D eigenvalue weighted by Gasteiger charge is -2.32. The van der Waals surface area contributed by atoms with Crippen LogP contribution in [0.2, 0.25) is 0 Å². The molecule has 0 aliphatic heterocycles. The lowest BCUT2D eigenvalue weighted by Crippen LogP contribution is -2.51. The van der Waals surface area contributed by atoms with Crippen LogP contribution in [0, 0.1) is 10.1 Å². The van der Waals surface area contributed by atoms with E-state index in [0.29, 0.717) is 0 Å². The third-order valence-corrected chi connectivity index (χ3v) is 2.92. The number of nitro groups is 1. The van der Waals surface area contributed by atoms with Crippen LogP contribution in [-0.2, 0) is 5.54 Å². The van der Waals surface area contributed by atoms with Crippen molar-refractivity contribution in [3.63, 3.8) is 0 Å². The third kappa shape index (κ3) is 1.98. The molecule has 2 rings (SSSR count). The summed E-state index contributed by atoms with van der Waals surface area (Å²) in [7, 11) is 0. The molecule has 2 unspecified atom stereocenters. The van der Waals surface area contributed by atoms with E-state index in [2.05, 4.69) is 0 Å². The van der Waals surface area contributed by atoms with Gasteiger partial charge in [0.15, 0.2) is 0 Å². The number of nitrogens with two attached hydrogens (primary N) is 2. The zero-order chi connectivity index (χ0) is 12.5. The van der Waals surface area contributed by atoms with E-state index in [4.69, 9.17) is 11.5 Å². The molecule has 17 heavy (non-hydrogen) atoms. The van der Waals surface area contributed by atoms with Crippen molar-refractivity contribution in [2.75, 3.05) is 0 Å². The van der Waals surface area contributed by atoms with Crippen molar-refractivity contribution in [1.82, 2.24) is 0 Å². The smallest absolute Gasteiger partial charge is 0.266 e. The van der Waals surface area contributed by atoms with Gasteiger partial charge in [0.2, 0.25) is 0 Å². The highest BCUT2D eigenvalue weighted by molar-refractivity contribution is 5.39. The highest BCUT2D eigenvalue weighted by Crippen LogP contribution is 2.28. The van der Waals surface area contributed by atoms with E-state index in [-0.39, 0.29) is 5.70 Å². The van der Waals surface area contributed by atoms with Crippen molar-refractivity contribution in [3.8, 4) is 0 Å². The molecule has 88 valence electrons. The van der Waals surface area contributed by atoms with E-state index in [1.807, 2.05) is 30.3 Å². The summed E-state index contributed by atoms with van der Waals surface area (Å²) >= 11 is 0. The molecule has 1 aliphatic rings. The van der Waals surface area contributed by atoms with E-state index < -0.39 is 16.5 Å². The quantitative estimate of drug-likeness (QED) is 0.584. The molecule has 0 amide bonds. The van der Waals surface area contributed by atoms with Gasteiger partial charge in [0, 0.05) is 12.2 Å². The number of allylic oxidation sites excluding steroid dienone is 1. The summed E-state index contributed by atoms with van der Waals surface area (Å²) < 4.78 is 0. The first-order valence-electron chi connectivity index (χ1n) is 5.19. The molecule has 4 N–H and O–H groups in total. The molecule has 0 radical (unpaired) electrons. The Morgan fingerprint density at radius 2 is 1.94 bits per heavy atom. The molecule has 1 aromatic carbocycles. The average Bonchev–Trinajstić information content (AvgIpc) is 2.33. The van der Waals surface area contributed by atoms with Gasteiger partial charge in [0.25, 0.3) is 5.70 Å². The van der Waals surface area contributed by atoms with Crippen LogP contribution in [0.4, 0.5) is 0 Å². The molecular weight excluding hydrogens is 218 g/mol. The fraction of sp³-hybridized carbons (Fsp3) is 0.167. The van der Waals surface area contributed by atoms with Gasteiger partial charge in [0.05, 0.1) is 16.5 Å². The highest BCUT2D eigenvalue weighted by atomic mass is 16.6. The van der Waals surface area contributed by atoms with Crippen molar-refractivity contribution in [2.24, 2.45) is 11.5 Å². The van der Waals surface area contributed by atoms with Crippen LogP contribution >= 0.6 is 0 Å². The molecule has 1 aliphatic carbocycles. The summed E-state index contributed by atoms with van der Waals surface area (Å²) in [5.74, 6) is 0. The Morgan fingerprint density at radius 1 is 1.29 bits per heavy atom. The second-order valence-electron chi connectivity index (χ2n) is 4.01. The van der Waals surface area contributed by atoms with E-state index in [1.54, 1.807) is 6.08 Å². The Kier molecular flexibility index (Phi) is 2.79. The van der Waals surface area contributed by atoms with Gasteiger partial charge in [-0.15, -0.1) is 0 Å². The maximum Gasteiger partial charge on any atom is 0.266 e. The minimum absolute atomic E-state index is 0.0190. The number of rotatable bonds is 2. The average molecular weight is 231 g/mol. The summed E-state index contributed by atoms with van der Waals surface area (Å²) in [4.78, 5) is 10.2. The van der Waals surface area contributed by atoms with Gasteiger partial charge in [0.1, 0.15) is 0 Å². The normalized spacial score (nSPS) is 27.6. The summed E-state index contributed by atoms with van der Waals surface area (Å²) in [6.45, 7) is 0. The largest absolute Gasteiger partial charge is 0.322 e. The molecule has 1 aromatic rings. The van der Waals surface area contributed by atoms with Crippen molar-refractivity contribution >= 4 is 0 Å². The van der Waals surface area contributed by atoms with Gasteiger partial charge in [-0.1, -0.05) is 36.4 Å². The molecule has 0 saturated heterocycles. The van der Waals surface area contributed by atoms with E-state index >= 15 is 0 Å². The van der Waals surface area contributed by atoms with E-state index in [0.717, 1.165) is 5.56 Å². The van der Waals surface area contributed by atoms with Gasteiger partial charge in [-0.25, -0.2) is 0 Å². The lowest BCUT2D eigenvalue weighted by molar-refractivity contribution is -0.419. The molecule has 0 aromatic heterocycles. The van der Waals surface area contributed by atoms with E-state index in [1.165, 1.54) is 12.2 Å². The fourth-order valence-corrected chi connectivity index (χ4v) is 1.85. The number of nitrogens with zero attached hydrogens (tertiary/aromatic N) is 1. The maximum absolute atomic E-state index is 10.6. The monoisotopic (exact) mass is 231 g/mol. The lowest BCUT2D eigenvalue weighted by atomic mass is 9.81. The molecule has 5 heteroatoms. The van der Waals surface area contributed by atoms with Gasteiger partial charge in [-0.05, 0) is 5.56 Å². The summed E-state index contributed by atoms with van der Waals surface area (Å²) in [6, 6.07) is 8.69. The molecule has 0 fully saturated rings. The Labute approximate surface area is 98.6 Å². The summed E-state index contributed by atoms with van der Waals surface area (Å²) in [6.07, 6.45) is 4.37. The Hall–Kier alpha value is -1.98. The minimum atomic E-state index is -0.888. The Balaban J connectivity index is 2.38. The molecular formula is C12H13N3O2. The van der Waals surface area contributed by atoms with Crippen LogP contribution in [-0.4, -0.2) is 11.0 Å². The summed E-state index contributed by atoms with van der Waals surface area (Å²) in [5, 5.41) is 10.6. The van der Waals surface area contributed by atoms with Crippen LogP contribution in [0.3, 0.4) is 0 Å². The number of hydrogen-bond donors (Lipinski definition) is 2. The maximum atomic E-state index is 10.6. The third-order valence-electron chi connectivity index (χ3n) is 2.92. The molecule has 0 spiro atoms. The van der Waals surface area contributed by atoms with Gasteiger partial charge >= 0.3 is 0 Å². The molecule has 2 atom stereocenters. The van der Waals surface area contributed by atoms with Crippen molar-refractivity contribution < 1.29 is 4.92 Å². The first kappa shape index (κ1) is 11.5. The van der Waals surface area contributed by atoms with Gasteiger partial charge in [-0.2, -0.15) is 0 Å². The van der Waals surface area contributed by atoms with Gasteiger partial charge < -0.3 is 11.5 Å². The Morgan fingerprint density at radius 3 is 2.47 bits per heavy atom. The van der Waals surface area contributed by atoms with Crippen LogP contribution in [0.1, 0.15) is 5.56 Å². The van der Waals surface area contributed by atoms with E-state index in [9.17, 15) is 10.1 Å². The first-order valence-corrected chi connectivity index (χ1v) is 5.19. The SMILES string of the molecule is NC1C=C([N+](=O)[O-])C=CC1(N)c1ccccc1. The topological polar surface area (TPSA) is 95.2 Å². The minimum Gasteiger partial charge on any atom is -0.322 e. The van der Waals surface area contributed by atoms with Crippen LogP contribution in [0.5, 0.6) is 0 Å². The first-order chi connectivity index (χ1) is 8.04. The predicted octanol–water partition coefficient (Wildman–Crippen LogP) is 0.898. The number of benzene rings is 1. The summed E-state index contributed by atoms with van der Waals surface area (Å²) in [5.41, 5.74) is 12.1.